The lowest BCUT2D eigenvalue weighted by molar-refractivity contribution is -0.145. The fourth-order valence-electron chi connectivity index (χ4n) is 1.05. The molecule has 0 atom stereocenters. The van der Waals surface area contributed by atoms with Gasteiger partial charge in [-0.1, -0.05) is 5.57 Å². The van der Waals surface area contributed by atoms with E-state index >= 15 is 0 Å². The van der Waals surface area contributed by atoms with Crippen molar-refractivity contribution in [3.05, 3.63) is 12.2 Å². The monoisotopic (exact) mass is 198 g/mol. The molecule has 3 nitrogen and oxygen atoms in total. The van der Waals surface area contributed by atoms with Crippen LogP contribution in [0.1, 0.15) is 39.5 Å². The highest BCUT2D eigenvalue weighted by atomic mass is 16.5. The smallest absolute Gasteiger partial charge is 0.313 e. The first kappa shape index (κ1) is 12.9. The molecule has 0 aromatic rings. The van der Waals surface area contributed by atoms with Gasteiger partial charge in [-0.15, -0.1) is 6.58 Å². The molecule has 0 saturated carbocycles. The zero-order valence-corrected chi connectivity index (χ0v) is 8.97. The van der Waals surface area contributed by atoms with Crippen LogP contribution in [0.2, 0.25) is 0 Å². The van der Waals surface area contributed by atoms with Crippen LogP contribution in [0.5, 0.6) is 0 Å². The van der Waals surface area contributed by atoms with Crippen LogP contribution >= 0.6 is 0 Å². The second-order valence-corrected chi connectivity index (χ2v) is 3.33. The predicted molar refractivity (Wildman–Crippen MR) is 54.9 cm³/mol. The van der Waals surface area contributed by atoms with Crippen molar-refractivity contribution in [3.63, 3.8) is 0 Å². The van der Waals surface area contributed by atoms with E-state index in [0.717, 1.165) is 18.4 Å². The van der Waals surface area contributed by atoms with Gasteiger partial charge in [0.2, 0.25) is 0 Å². The van der Waals surface area contributed by atoms with Crippen LogP contribution < -0.4 is 0 Å². The van der Waals surface area contributed by atoms with Gasteiger partial charge in [-0.3, -0.25) is 9.59 Å². The summed E-state index contributed by atoms with van der Waals surface area (Å²) < 4.78 is 4.66. The molecule has 0 aromatic carbocycles. The minimum Gasteiger partial charge on any atom is -0.466 e. The van der Waals surface area contributed by atoms with E-state index in [4.69, 9.17) is 0 Å². The summed E-state index contributed by atoms with van der Waals surface area (Å²) >= 11 is 0. The standard InChI is InChI=1S/C11H18O3/c1-4-14-11(13)8-10(12)7-5-6-9(2)3/h2,4-8H2,1,3H3. The van der Waals surface area contributed by atoms with Crippen molar-refractivity contribution in [1.29, 1.82) is 0 Å². The molecule has 80 valence electrons. The minimum absolute atomic E-state index is 0.0512. The lowest BCUT2D eigenvalue weighted by Crippen LogP contribution is -2.10. The maximum Gasteiger partial charge on any atom is 0.313 e. The molecule has 14 heavy (non-hydrogen) atoms. The molecule has 0 saturated heterocycles. The normalized spacial score (nSPS) is 9.57. The Bertz CT molecular complexity index is 219. The molecule has 0 aliphatic heterocycles. The molecule has 0 aromatic heterocycles. The number of rotatable bonds is 7. The first-order valence-electron chi connectivity index (χ1n) is 4.88. The van der Waals surface area contributed by atoms with E-state index in [2.05, 4.69) is 11.3 Å². The van der Waals surface area contributed by atoms with Gasteiger partial charge < -0.3 is 4.74 Å². The van der Waals surface area contributed by atoms with Crippen molar-refractivity contribution < 1.29 is 14.3 Å². The molecule has 3 heteroatoms. The number of Topliss-reactive ketones (excluding diaryl/α,β-unsaturated/α-hetero) is 1. The Kier molecular flexibility index (Phi) is 6.72. The summed E-state index contributed by atoms with van der Waals surface area (Å²) in [5, 5.41) is 0. The molecule has 0 radical (unpaired) electrons. The maximum atomic E-state index is 11.2. The average Bonchev–Trinajstić information content (AvgIpc) is 2.03. The number of carbonyl (C=O) groups is 2. The van der Waals surface area contributed by atoms with Gasteiger partial charge in [-0.05, 0) is 26.7 Å². The SMILES string of the molecule is C=C(C)CCCC(=O)CC(=O)OCC. The van der Waals surface area contributed by atoms with Crippen LogP contribution in [0.25, 0.3) is 0 Å². The van der Waals surface area contributed by atoms with E-state index < -0.39 is 5.97 Å². The third kappa shape index (κ3) is 7.53. The highest BCUT2D eigenvalue weighted by Gasteiger charge is 2.09. The Morgan fingerprint density at radius 1 is 1.29 bits per heavy atom. The maximum absolute atomic E-state index is 11.2. The predicted octanol–water partition coefficient (Wildman–Crippen LogP) is 2.26. The molecule has 0 N–H and O–H groups in total. The van der Waals surface area contributed by atoms with Crippen molar-refractivity contribution in [1.82, 2.24) is 0 Å². The minimum atomic E-state index is -0.423. The summed E-state index contributed by atoms with van der Waals surface area (Å²) in [6.07, 6.45) is 1.96. The Morgan fingerprint density at radius 2 is 1.93 bits per heavy atom. The Labute approximate surface area is 85.1 Å². The largest absolute Gasteiger partial charge is 0.466 e. The molecule has 0 amide bonds. The van der Waals surface area contributed by atoms with E-state index in [1.807, 2.05) is 6.92 Å². The van der Waals surface area contributed by atoms with Crippen molar-refractivity contribution in [2.24, 2.45) is 0 Å². The highest BCUT2D eigenvalue weighted by Crippen LogP contribution is 2.05. The molecule has 0 rings (SSSR count). The van der Waals surface area contributed by atoms with Crippen molar-refractivity contribution in [3.8, 4) is 0 Å². The van der Waals surface area contributed by atoms with Crippen LogP contribution in [0.4, 0.5) is 0 Å². The molecule has 0 aliphatic carbocycles. The van der Waals surface area contributed by atoms with Gasteiger partial charge in [-0.25, -0.2) is 0 Å². The fraction of sp³-hybridized carbons (Fsp3) is 0.636. The topological polar surface area (TPSA) is 43.4 Å². The first-order valence-corrected chi connectivity index (χ1v) is 4.88. The summed E-state index contributed by atoms with van der Waals surface area (Å²) in [7, 11) is 0. The van der Waals surface area contributed by atoms with Crippen LogP contribution in [-0.2, 0) is 14.3 Å². The molecule has 0 unspecified atom stereocenters. The third-order valence-electron chi connectivity index (χ3n) is 1.71. The van der Waals surface area contributed by atoms with Gasteiger partial charge in [-0.2, -0.15) is 0 Å². The lowest BCUT2D eigenvalue weighted by Gasteiger charge is -2.01. The summed E-state index contributed by atoms with van der Waals surface area (Å²) in [6, 6.07) is 0. The van der Waals surface area contributed by atoms with Gasteiger partial charge in [0.15, 0.2) is 0 Å². The van der Waals surface area contributed by atoms with Crippen LogP contribution in [0.15, 0.2) is 12.2 Å². The number of allylic oxidation sites excluding steroid dienone is 1. The number of esters is 1. The third-order valence-corrected chi connectivity index (χ3v) is 1.71. The van der Waals surface area contributed by atoms with Gasteiger partial charge in [0.05, 0.1) is 6.61 Å². The lowest BCUT2D eigenvalue weighted by atomic mass is 10.1. The van der Waals surface area contributed by atoms with E-state index in [0.29, 0.717) is 13.0 Å². The highest BCUT2D eigenvalue weighted by molar-refractivity contribution is 5.95. The quantitative estimate of drug-likeness (QED) is 0.358. The summed E-state index contributed by atoms with van der Waals surface area (Å²) in [5.41, 5.74) is 1.06. The second kappa shape index (κ2) is 7.30. The fourth-order valence-corrected chi connectivity index (χ4v) is 1.05. The van der Waals surface area contributed by atoms with Crippen molar-refractivity contribution >= 4 is 11.8 Å². The number of carbonyl (C=O) groups excluding carboxylic acids is 2. The van der Waals surface area contributed by atoms with Gasteiger partial charge >= 0.3 is 5.97 Å². The van der Waals surface area contributed by atoms with Crippen LogP contribution in [0.3, 0.4) is 0 Å². The number of hydrogen-bond acceptors (Lipinski definition) is 3. The molecular weight excluding hydrogens is 180 g/mol. The molecule has 0 bridgehead atoms. The molecule has 0 heterocycles. The Hall–Kier alpha value is -1.12. The van der Waals surface area contributed by atoms with Crippen LogP contribution in [0, 0.1) is 0 Å². The van der Waals surface area contributed by atoms with E-state index in [1.54, 1.807) is 6.92 Å². The Balaban J connectivity index is 3.55. The summed E-state index contributed by atoms with van der Waals surface area (Å²) in [5.74, 6) is -0.475. The van der Waals surface area contributed by atoms with Crippen LogP contribution in [-0.4, -0.2) is 18.4 Å². The van der Waals surface area contributed by atoms with Gasteiger partial charge in [0.25, 0.3) is 0 Å². The van der Waals surface area contributed by atoms with Crippen molar-refractivity contribution in [2.75, 3.05) is 6.61 Å². The summed E-state index contributed by atoms with van der Waals surface area (Å²) in [6.45, 7) is 7.72. The van der Waals surface area contributed by atoms with E-state index in [1.165, 1.54) is 0 Å². The number of ether oxygens (including phenoxy) is 1. The molecular formula is C11H18O3. The zero-order valence-electron chi connectivity index (χ0n) is 8.97. The van der Waals surface area contributed by atoms with E-state index in [9.17, 15) is 9.59 Å². The number of ketones is 1. The summed E-state index contributed by atoms with van der Waals surface area (Å²) in [4.78, 5) is 22.1. The molecule has 0 spiro atoms. The zero-order chi connectivity index (χ0) is 11.0. The Morgan fingerprint density at radius 3 is 2.43 bits per heavy atom. The van der Waals surface area contributed by atoms with Gasteiger partial charge in [0.1, 0.15) is 12.2 Å². The van der Waals surface area contributed by atoms with E-state index in [-0.39, 0.29) is 12.2 Å². The van der Waals surface area contributed by atoms with Crippen molar-refractivity contribution in [2.45, 2.75) is 39.5 Å². The first-order chi connectivity index (χ1) is 6.56. The molecule has 0 fully saturated rings. The molecule has 0 aliphatic rings. The average molecular weight is 198 g/mol. The second-order valence-electron chi connectivity index (χ2n) is 3.33. The number of hydrogen-bond donors (Lipinski definition) is 0. The van der Waals surface area contributed by atoms with Gasteiger partial charge in [0, 0.05) is 6.42 Å².